The van der Waals surface area contributed by atoms with Gasteiger partial charge in [0, 0.05) is 23.1 Å². The maximum Gasteiger partial charge on any atom is 0.232 e. The van der Waals surface area contributed by atoms with Crippen molar-refractivity contribution in [3.05, 3.63) is 39.5 Å². The molecule has 138 valence electrons. The molecule has 0 aliphatic heterocycles. The van der Waals surface area contributed by atoms with E-state index in [0.717, 1.165) is 16.4 Å². The number of halogens is 1. The molecule has 0 atom stereocenters. The minimum absolute atomic E-state index is 0.0254. The van der Waals surface area contributed by atoms with Gasteiger partial charge in [0.1, 0.15) is 0 Å². The van der Waals surface area contributed by atoms with E-state index < -0.39 is 10.0 Å². The minimum Gasteiger partial charge on any atom is -0.352 e. The van der Waals surface area contributed by atoms with Gasteiger partial charge in [-0.2, -0.15) is 0 Å². The molecular formula is C18H25IN2O3S. The Bertz CT molecular complexity index is 714. The molecule has 0 unspecified atom stereocenters. The number of amides is 1. The van der Waals surface area contributed by atoms with E-state index in [4.69, 9.17) is 0 Å². The molecule has 2 rings (SSSR count). The number of allylic oxidation sites excluding steroid dienone is 1. The summed E-state index contributed by atoms with van der Waals surface area (Å²) in [4.78, 5) is 12.0. The Hall–Kier alpha value is -1.09. The molecule has 0 saturated carbocycles. The normalized spacial score (nSPS) is 14.7. The Balaban J connectivity index is 1.83. The quantitative estimate of drug-likeness (QED) is 0.462. The standard InChI is InChI=1S/C18H25IN2O3S/c1-25(23,24)21(17-11-9-16(19)10-12-17)13-5-8-18(22)20-14-15-6-3-2-4-7-15/h6,9-12H,2-5,7-8,13-14H2,1H3,(H,20,22). The lowest BCUT2D eigenvalue weighted by atomic mass is 10.00. The first-order valence-corrected chi connectivity index (χ1v) is 11.5. The minimum atomic E-state index is -3.37. The Kier molecular flexibility index (Phi) is 7.74. The number of rotatable bonds is 8. The highest BCUT2D eigenvalue weighted by Crippen LogP contribution is 2.20. The molecule has 0 saturated heterocycles. The van der Waals surface area contributed by atoms with Crippen LogP contribution in [0.3, 0.4) is 0 Å². The second-order valence-electron chi connectivity index (χ2n) is 6.30. The first-order valence-electron chi connectivity index (χ1n) is 8.54. The Morgan fingerprint density at radius 1 is 1.24 bits per heavy atom. The zero-order valence-corrected chi connectivity index (χ0v) is 17.5. The van der Waals surface area contributed by atoms with Crippen molar-refractivity contribution in [3.63, 3.8) is 0 Å². The average molecular weight is 476 g/mol. The summed E-state index contributed by atoms with van der Waals surface area (Å²) >= 11 is 2.18. The van der Waals surface area contributed by atoms with Gasteiger partial charge >= 0.3 is 0 Å². The fourth-order valence-electron chi connectivity index (χ4n) is 2.84. The third-order valence-electron chi connectivity index (χ3n) is 4.18. The summed E-state index contributed by atoms with van der Waals surface area (Å²) in [5, 5.41) is 2.94. The van der Waals surface area contributed by atoms with E-state index >= 15 is 0 Å². The highest BCUT2D eigenvalue weighted by molar-refractivity contribution is 14.1. The molecule has 0 fully saturated rings. The Morgan fingerprint density at radius 3 is 2.56 bits per heavy atom. The van der Waals surface area contributed by atoms with Crippen molar-refractivity contribution in [1.29, 1.82) is 0 Å². The number of benzene rings is 1. The summed E-state index contributed by atoms with van der Waals surface area (Å²) in [6, 6.07) is 7.33. The van der Waals surface area contributed by atoms with Crippen molar-refractivity contribution in [1.82, 2.24) is 5.32 Å². The van der Waals surface area contributed by atoms with Crippen LogP contribution in [0, 0.1) is 3.57 Å². The van der Waals surface area contributed by atoms with Crippen LogP contribution in [0.2, 0.25) is 0 Å². The van der Waals surface area contributed by atoms with Crippen LogP contribution in [0.15, 0.2) is 35.9 Å². The van der Waals surface area contributed by atoms with Gasteiger partial charge in [-0.15, -0.1) is 0 Å². The number of carbonyl (C=O) groups is 1. The first kappa shape index (κ1) is 20.2. The number of hydrogen-bond donors (Lipinski definition) is 1. The smallest absolute Gasteiger partial charge is 0.232 e. The summed E-state index contributed by atoms with van der Waals surface area (Å²) in [6.45, 7) is 0.918. The zero-order chi connectivity index (χ0) is 18.3. The number of hydrogen-bond acceptors (Lipinski definition) is 3. The van der Waals surface area contributed by atoms with Crippen LogP contribution in [0.25, 0.3) is 0 Å². The third kappa shape index (κ3) is 6.97. The molecule has 1 amide bonds. The molecule has 1 aliphatic rings. The zero-order valence-electron chi connectivity index (χ0n) is 14.5. The number of nitrogens with one attached hydrogen (secondary N) is 1. The lowest BCUT2D eigenvalue weighted by Gasteiger charge is -2.22. The lowest BCUT2D eigenvalue weighted by Crippen LogP contribution is -2.32. The number of carbonyl (C=O) groups excluding carboxylic acids is 1. The first-order chi connectivity index (χ1) is 11.9. The Morgan fingerprint density at radius 2 is 1.96 bits per heavy atom. The largest absolute Gasteiger partial charge is 0.352 e. The van der Waals surface area contributed by atoms with E-state index in [0.29, 0.717) is 31.6 Å². The number of anilines is 1. The topological polar surface area (TPSA) is 66.5 Å². The summed E-state index contributed by atoms with van der Waals surface area (Å²) < 4.78 is 26.5. The van der Waals surface area contributed by atoms with Gasteiger partial charge in [0.25, 0.3) is 0 Å². The van der Waals surface area contributed by atoms with E-state index in [-0.39, 0.29) is 5.91 Å². The molecule has 0 radical (unpaired) electrons. The SMILES string of the molecule is CS(=O)(=O)N(CCCC(=O)NCC1=CCCCC1)c1ccc(I)cc1. The van der Waals surface area contributed by atoms with Crippen molar-refractivity contribution in [2.45, 2.75) is 38.5 Å². The summed E-state index contributed by atoms with van der Waals surface area (Å²) in [5.41, 5.74) is 1.94. The molecule has 1 aliphatic carbocycles. The van der Waals surface area contributed by atoms with E-state index in [1.54, 1.807) is 12.1 Å². The fourth-order valence-corrected chi connectivity index (χ4v) is 4.17. The third-order valence-corrected chi connectivity index (χ3v) is 6.09. The molecule has 0 bridgehead atoms. The molecule has 1 aromatic carbocycles. The molecule has 0 heterocycles. The maximum absolute atomic E-state index is 12.0. The van der Waals surface area contributed by atoms with Crippen molar-refractivity contribution in [2.75, 3.05) is 23.7 Å². The average Bonchev–Trinajstić information content (AvgIpc) is 2.58. The summed E-state index contributed by atoms with van der Waals surface area (Å²) in [7, 11) is -3.37. The van der Waals surface area contributed by atoms with Crippen LogP contribution in [-0.2, 0) is 14.8 Å². The second kappa shape index (κ2) is 9.56. The molecular weight excluding hydrogens is 451 g/mol. The number of sulfonamides is 1. The van der Waals surface area contributed by atoms with Gasteiger partial charge in [-0.05, 0) is 79.0 Å². The molecule has 0 aromatic heterocycles. The highest BCUT2D eigenvalue weighted by atomic mass is 127. The summed E-state index contributed by atoms with van der Waals surface area (Å²) in [6.07, 6.45) is 8.82. The van der Waals surface area contributed by atoms with Crippen LogP contribution < -0.4 is 9.62 Å². The molecule has 0 spiro atoms. The van der Waals surface area contributed by atoms with E-state index in [2.05, 4.69) is 34.0 Å². The van der Waals surface area contributed by atoms with Gasteiger partial charge < -0.3 is 5.32 Å². The van der Waals surface area contributed by atoms with Gasteiger partial charge in [-0.3, -0.25) is 9.10 Å². The maximum atomic E-state index is 12.0. The molecule has 7 heteroatoms. The van der Waals surface area contributed by atoms with Gasteiger partial charge in [-0.25, -0.2) is 8.42 Å². The van der Waals surface area contributed by atoms with Crippen LogP contribution in [0.5, 0.6) is 0 Å². The van der Waals surface area contributed by atoms with Crippen molar-refractivity contribution in [3.8, 4) is 0 Å². The predicted octanol–water partition coefficient (Wildman–Crippen LogP) is 3.45. The predicted molar refractivity (Wildman–Crippen MR) is 110 cm³/mol. The molecule has 1 N–H and O–H groups in total. The lowest BCUT2D eigenvalue weighted by molar-refractivity contribution is -0.120. The van der Waals surface area contributed by atoms with Crippen molar-refractivity contribution < 1.29 is 13.2 Å². The number of nitrogens with zero attached hydrogens (tertiary/aromatic N) is 1. The highest BCUT2D eigenvalue weighted by Gasteiger charge is 2.17. The van der Waals surface area contributed by atoms with Gasteiger partial charge in [0.15, 0.2) is 0 Å². The van der Waals surface area contributed by atoms with Crippen LogP contribution in [0.4, 0.5) is 5.69 Å². The van der Waals surface area contributed by atoms with Gasteiger partial charge in [0.05, 0.1) is 11.9 Å². The molecule has 1 aromatic rings. The van der Waals surface area contributed by atoms with E-state index in [9.17, 15) is 13.2 Å². The summed E-state index contributed by atoms with van der Waals surface area (Å²) in [5.74, 6) is -0.0254. The van der Waals surface area contributed by atoms with Crippen LogP contribution in [0.1, 0.15) is 38.5 Å². The van der Waals surface area contributed by atoms with Gasteiger partial charge in [0.2, 0.25) is 15.9 Å². The van der Waals surface area contributed by atoms with Crippen LogP contribution >= 0.6 is 22.6 Å². The molecule has 5 nitrogen and oxygen atoms in total. The van der Waals surface area contributed by atoms with E-state index in [1.165, 1.54) is 29.0 Å². The van der Waals surface area contributed by atoms with Crippen molar-refractivity contribution >= 4 is 44.2 Å². The monoisotopic (exact) mass is 476 g/mol. The molecule has 25 heavy (non-hydrogen) atoms. The second-order valence-corrected chi connectivity index (χ2v) is 9.45. The van der Waals surface area contributed by atoms with Crippen molar-refractivity contribution in [2.24, 2.45) is 0 Å². The Labute approximate surface area is 164 Å². The van der Waals surface area contributed by atoms with Crippen LogP contribution in [-0.4, -0.2) is 33.7 Å². The fraction of sp³-hybridized carbons (Fsp3) is 0.500. The van der Waals surface area contributed by atoms with Gasteiger partial charge in [-0.1, -0.05) is 11.6 Å². The van der Waals surface area contributed by atoms with E-state index in [1.807, 2.05) is 12.1 Å².